The highest BCUT2D eigenvalue weighted by atomic mass is 35.5. The highest BCUT2D eigenvalue weighted by Crippen LogP contribution is 2.25. The van der Waals surface area contributed by atoms with Crippen molar-refractivity contribution in [2.75, 3.05) is 0 Å². The van der Waals surface area contributed by atoms with Crippen molar-refractivity contribution in [3.8, 4) is 6.07 Å². The van der Waals surface area contributed by atoms with E-state index in [1.807, 2.05) is 6.07 Å². The minimum absolute atomic E-state index is 0.0626. The van der Waals surface area contributed by atoms with Crippen molar-refractivity contribution in [1.82, 2.24) is 5.32 Å². The molecule has 0 bridgehead atoms. The van der Waals surface area contributed by atoms with Crippen LogP contribution in [0.4, 0.5) is 4.39 Å². The van der Waals surface area contributed by atoms with Crippen LogP contribution >= 0.6 is 11.6 Å². The minimum Gasteiger partial charge on any atom is -0.348 e. The fourth-order valence-electron chi connectivity index (χ4n) is 2.72. The summed E-state index contributed by atoms with van der Waals surface area (Å²) >= 11 is 5.92. The van der Waals surface area contributed by atoms with Gasteiger partial charge >= 0.3 is 0 Å². The second-order valence-electron chi connectivity index (χ2n) is 5.65. The highest BCUT2D eigenvalue weighted by molar-refractivity contribution is 6.32. The number of nitriles is 1. The number of nitrogens with zero attached hydrogens (tertiary/aromatic N) is 1. The van der Waals surface area contributed by atoms with Gasteiger partial charge in [-0.3, -0.25) is 4.79 Å². The number of halogens is 2. The molecule has 0 aliphatic heterocycles. The van der Waals surface area contributed by atoms with Gasteiger partial charge in [-0.2, -0.15) is 5.26 Å². The Morgan fingerprint density at radius 2 is 2.18 bits per heavy atom. The largest absolute Gasteiger partial charge is 0.348 e. The Morgan fingerprint density at radius 3 is 2.82 bits per heavy atom. The molecule has 0 unspecified atom stereocenters. The quantitative estimate of drug-likeness (QED) is 0.674. The van der Waals surface area contributed by atoms with E-state index in [0.717, 1.165) is 19.3 Å². The van der Waals surface area contributed by atoms with Gasteiger partial charge < -0.3 is 5.32 Å². The van der Waals surface area contributed by atoms with E-state index in [4.69, 9.17) is 11.6 Å². The van der Waals surface area contributed by atoms with Gasteiger partial charge in [-0.15, -0.1) is 0 Å². The molecular formula is C17H18ClFN2O. The fraction of sp³-hybridized carbons (Fsp3) is 0.412. The number of benzene rings is 1. The summed E-state index contributed by atoms with van der Waals surface area (Å²) in [5.74, 6) is -0.644. The smallest absolute Gasteiger partial charge is 0.262 e. The van der Waals surface area contributed by atoms with Crippen molar-refractivity contribution in [2.24, 2.45) is 5.92 Å². The van der Waals surface area contributed by atoms with Crippen LogP contribution in [0, 0.1) is 23.1 Å². The lowest BCUT2D eigenvalue weighted by Gasteiger charge is -2.29. The summed E-state index contributed by atoms with van der Waals surface area (Å²) in [6, 6.07) is 6.14. The van der Waals surface area contributed by atoms with Gasteiger partial charge in [0.25, 0.3) is 5.91 Å². The normalized spacial score (nSPS) is 22.0. The molecule has 1 aromatic carbocycles. The van der Waals surface area contributed by atoms with Gasteiger partial charge in [0.15, 0.2) is 0 Å². The fourth-order valence-corrected chi connectivity index (χ4v) is 2.94. The van der Waals surface area contributed by atoms with Crippen LogP contribution in [0.15, 0.2) is 23.8 Å². The molecule has 22 heavy (non-hydrogen) atoms. The second kappa shape index (κ2) is 7.42. The van der Waals surface area contributed by atoms with Gasteiger partial charge in [-0.05, 0) is 37.0 Å². The Labute approximate surface area is 134 Å². The third kappa shape index (κ3) is 3.86. The molecule has 116 valence electrons. The Morgan fingerprint density at radius 1 is 1.45 bits per heavy atom. The first-order valence-electron chi connectivity index (χ1n) is 7.39. The van der Waals surface area contributed by atoms with E-state index in [9.17, 15) is 14.4 Å². The van der Waals surface area contributed by atoms with E-state index in [2.05, 4.69) is 12.2 Å². The maximum absolute atomic E-state index is 13.8. The standard InChI is InChI=1S/C17H18ClFN2O/c1-11-5-2-3-8-16(11)21-17(22)12(10-20)9-13-14(18)6-4-7-15(13)19/h4,6-7,9,11,16H,2-3,5,8H2,1H3,(H,21,22)/b12-9+/t11-,16-/m0/s1. The third-order valence-corrected chi connectivity index (χ3v) is 4.41. The zero-order valence-electron chi connectivity index (χ0n) is 12.4. The molecule has 1 fully saturated rings. The van der Waals surface area contributed by atoms with Gasteiger partial charge in [0, 0.05) is 11.6 Å². The Balaban J connectivity index is 2.19. The maximum atomic E-state index is 13.8. The summed E-state index contributed by atoms with van der Waals surface area (Å²) < 4.78 is 13.8. The molecule has 0 heterocycles. The van der Waals surface area contributed by atoms with Gasteiger partial charge in [0.2, 0.25) is 0 Å². The molecule has 0 aromatic heterocycles. The molecule has 1 aromatic rings. The SMILES string of the molecule is C[C@H]1CCCC[C@@H]1NC(=O)/C(C#N)=C/c1c(F)cccc1Cl. The summed E-state index contributed by atoms with van der Waals surface area (Å²) in [7, 11) is 0. The first-order chi connectivity index (χ1) is 10.5. The van der Waals surface area contributed by atoms with E-state index in [-0.39, 0.29) is 22.2 Å². The first-order valence-corrected chi connectivity index (χ1v) is 7.77. The summed E-state index contributed by atoms with van der Waals surface area (Å²) in [4.78, 5) is 12.2. The Hall–Kier alpha value is -1.86. The highest BCUT2D eigenvalue weighted by Gasteiger charge is 2.24. The zero-order chi connectivity index (χ0) is 16.1. The van der Waals surface area contributed by atoms with Crippen LogP contribution in [0.1, 0.15) is 38.2 Å². The monoisotopic (exact) mass is 320 g/mol. The van der Waals surface area contributed by atoms with Crippen LogP contribution in [0.2, 0.25) is 5.02 Å². The summed E-state index contributed by atoms with van der Waals surface area (Å²) in [6.45, 7) is 2.09. The maximum Gasteiger partial charge on any atom is 0.262 e. The van der Waals surface area contributed by atoms with Crippen LogP contribution in [-0.4, -0.2) is 11.9 Å². The van der Waals surface area contributed by atoms with Gasteiger partial charge in [0.05, 0.1) is 5.02 Å². The average Bonchev–Trinajstić information content (AvgIpc) is 2.49. The molecule has 1 N–H and O–H groups in total. The van der Waals surface area contributed by atoms with Gasteiger partial charge in [-0.25, -0.2) is 4.39 Å². The zero-order valence-corrected chi connectivity index (χ0v) is 13.2. The first kappa shape index (κ1) is 16.5. The number of rotatable bonds is 3. The van der Waals surface area contributed by atoms with Crippen LogP contribution in [0.5, 0.6) is 0 Å². The van der Waals surface area contributed by atoms with E-state index in [0.29, 0.717) is 5.92 Å². The molecule has 1 aliphatic rings. The molecule has 3 nitrogen and oxygen atoms in total. The molecule has 2 rings (SSSR count). The van der Waals surface area contributed by atoms with Crippen molar-refractivity contribution in [3.63, 3.8) is 0 Å². The topological polar surface area (TPSA) is 52.9 Å². The van der Waals surface area contributed by atoms with E-state index < -0.39 is 11.7 Å². The molecular weight excluding hydrogens is 303 g/mol. The van der Waals surface area contributed by atoms with Crippen molar-refractivity contribution in [3.05, 3.63) is 40.2 Å². The van der Waals surface area contributed by atoms with Gasteiger partial charge in [0.1, 0.15) is 17.5 Å². The molecule has 1 amide bonds. The molecule has 0 radical (unpaired) electrons. The number of carbonyl (C=O) groups excluding carboxylic acids is 1. The number of hydrogen-bond acceptors (Lipinski definition) is 2. The van der Waals surface area contributed by atoms with Crippen LogP contribution < -0.4 is 5.32 Å². The van der Waals surface area contributed by atoms with Crippen molar-refractivity contribution < 1.29 is 9.18 Å². The third-order valence-electron chi connectivity index (χ3n) is 4.08. The van der Waals surface area contributed by atoms with E-state index in [1.165, 1.54) is 30.7 Å². The van der Waals surface area contributed by atoms with Crippen molar-refractivity contribution in [2.45, 2.75) is 38.6 Å². The van der Waals surface area contributed by atoms with Crippen molar-refractivity contribution >= 4 is 23.6 Å². The number of hydrogen-bond donors (Lipinski definition) is 1. The summed E-state index contributed by atoms with van der Waals surface area (Å²) in [6.07, 6.45) is 5.42. The Kier molecular flexibility index (Phi) is 5.57. The lowest BCUT2D eigenvalue weighted by atomic mass is 9.86. The number of nitrogens with one attached hydrogen (secondary N) is 1. The van der Waals surface area contributed by atoms with Crippen LogP contribution in [0.25, 0.3) is 6.08 Å². The molecule has 1 aliphatic carbocycles. The van der Waals surface area contributed by atoms with E-state index in [1.54, 1.807) is 0 Å². The minimum atomic E-state index is -0.556. The molecule has 2 atom stereocenters. The molecule has 1 saturated carbocycles. The van der Waals surface area contributed by atoms with Gasteiger partial charge in [-0.1, -0.05) is 37.4 Å². The van der Waals surface area contributed by atoms with E-state index >= 15 is 0 Å². The lowest BCUT2D eigenvalue weighted by Crippen LogP contribution is -2.41. The molecule has 0 spiro atoms. The summed E-state index contributed by atoms with van der Waals surface area (Å²) in [5.41, 5.74) is -0.0719. The number of amides is 1. The van der Waals surface area contributed by atoms with Crippen LogP contribution in [0.3, 0.4) is 0 Å². The Bertz CT molecular complexity index is 616. The molecule has 5 heteroatoms. The number of carbonyl (C=O) groups is 1. The predicted molar refractivity (Wildman–Crippen MR) is 84.6 cm³/mol. The van der Waals surface area contributed by atoms with Crippen LogP contribution in [-0.2, 0) is 4.79 Å². The lowest BCUT2D eigenvalue weighted by molar-refractivity contribution is -0.118. The average molecular weight is 321 g/mol. The van der Waals surface area contributed by atoms with Crippen molar-refractivity contribution in [1.29, 1.82) is 5.26 Å². The molecule has 0 saturated heterocycles. The predicted octanol–water partition coefficient (Wildman–Crippen LogP) is 4.08. The second-order valence-corrected chi connectivity index (χ2v) is 6.05. The summed E-state index contributed by atoms with van der Waals surface area (Å²) in [5, 5.41) is 12.2.